The quantitative estimate of drug-likeness (QED) is 0.641. The highest BCUT2D eigenvalue weighted by Crippen LogP contribution is 2.31. The second-order valence-corrected chi connectivity index (χ2v) is 5.52. The molecule has 0 saturated heterocycles. The van der Waals surface area contributed by atoms with Gasteiger partial charge in [0.1, 0.15) is 16.3 Å². The number of hydrogen-bond acceptors (Lipinski definition) is 7. The lowest BCUT2D eigenvalue weighted by Gasteiger charge is -2.14. The van der Waals surface area contributed by atoms with Crippen LogP contribution in [0.3, 0.4) is 0 Å². The molecule has 0 aliphatic heterocycles. The predicted molar refractivity (Wildman–Crippen MR) is 76.9 cm³/mol. The molecule has 2 aromatic rings. The fourth-order valence-corrected chi connectivity index (χ4v) is 2.64. The van der Waals surface area contributed by atoms with Gasteiger partial charge >= 0.3 is 5.97 Å². The van der Waals surface area contributed by atoms with Crippen LogP contribution in [0.5, 0.6) is 0 Å². The molecule has 0 bridgehead atoms. The third-order valence-electron chi connectivity index (χ3n) is 3.13. The summed E-state index contributed by atoms with van der Waals surface area (Å²) in [6.45, 7) is 0. The molecule has 7 heteroatoms. The van der Waals surface area contributed by atoms with Crippen LogP contribution in [0.15, 0.2) is 21.0 Å². The van der Waals surface area contributed by atoms with Crippen molar-refractivity contribution in [3.05, 3.63) is 36.8 Å². The third-order valence-corrected chi connectivity index (χ3v) is 4.03. The Hall–Kier alpha value is -2.15. The zero-order chi connectivity index (χ0) is 14.3. The molecule has 1 aromatic carbocycles. The van der Waals surface area contributed by atoms with Crippen LogP contribution in [0.4, 0.5) is 17.1 Å². The average molecular weight is 292 g/mol. The molecule has 1 aromatic heterocycles. The maximum absolute atomic E-state index is 11.6. The maximum Gasteiger partial charge on any atom is 0.350 e. The molecule has 6 nitrogen and oxygen atoms in total. The first-order chi connectivity index (χ1) is 9.61. The standard InChI is InChI=1S/C13H12N2O4S/c1-19-13(18)12-7(4-5-20-12)15-9-8(10(16)11(9)17)14-6-2-3-6/h4-6,14-15H,2-3H2,1H3. The van der Waals surface area contributed by atoms with Gasteiger partial charge in [-0.3, -0.25) is 9.59 Å². The second kappa shape index (κ2) is 4.75. The van der Waals surface area contributed by atoms with E-state index in [2.05, 4.69) is 15.4 Å². The van der Waals surface area contributed by atoms with Gasteiger partial charge in [-0.05, 0) is 24.3 Å². The van der Waals surface area contributed by atoms with E-state index in [1.807, 2.05) is 0 Å². The Morgan fingerprint density at radius 1 is 1.30 bits per heavy atom. The molecular weight excluding hydrogens is 280 g/mol. The summed E-state index contributed by atoms with van der Waals surface area (Å²) in [7, 11) is 1.29. The average Bonchev–Trinajstić information content (AvgIpc) is 3.17. The van der Waals surface area contributed by atoms with Gasteiger partial charge in [-0.2, -0.15) is 0 Å². The van der Waals surface area contributed by atoms with Crippen molar-refractivity contribution >= 4 is 34.4 Å². The summed E-state index contributed by atoms with van der Waals surface area (Å²) in [5.74, 6) is -0.474. The van der Waals surface area contributed by atoms with Crippen molar-refractivity contribution in [2.24, 2.45) is 0 Å². The maximum atomic E-state index is 11.6. The van der Waals surface area contributed by atoms with Crippen LogP contribution < -0.4 is 21.5 Å². The van der Waals surface area contributed by atoms with Crippen LogP contribution in [0, 0.1) is 0 Å². The van der Waals surface area contributed by atoms with Crippen molar-refractivity contribution in [1.29, 1.82) is 0 Å². The smallest absolute Gasteiger partial charge is 0.350 e. The van der Waals surface area contributed by atoms with Gasteiger partial charge in [0.25, 0.3) is 10.9 Å². The highest BCUT2D eigenvalue weighted by molar-refractivity contribution is 7.12. The number of thiophene rings is 1. The number of ether oxygens (including phenoxy) is 1. The molecule has 104 valence electrons. The zero-order valence-corrected chi connectivity index (χ0v) is 11.5. The lowest BCUT2D eigenvalue weighted by molar-refractivity contribution is 0.0607. The topological polar surface area (TPSA) is 84.5 Å². The minimum Gasteiger partial charge on any atom is -0.465 e. The molecular formula is C13H12N2O4S. The van der Waals surface area contributed by atoms with E-state index in [4.69, 9.17) is 0 Å². The summed E-state index contributed by atoms with van der Waals surface area (Å²) in [5.41, 5.74) is -0.0396. The molecule has 2 N–H and O–H groups in total. The number of nitrogens with one attached hydrogen (secondary N) is 2. The monoisotopic (exact) mass is 292 g/mol. The molecule has 1 fully saturated rings. The molecule has 1 saturated carbocycles. The van der Waals surface area contributed by atoms with E-state index in [0.29, 0.717) is 16.3 Å². The van der Waals surface area contributed by atoms with Crippen molar-refractivity contribution in [2.75, 3.05) is 17.7 Å². The normalized spacial score (nSPS) is 14.2. The van der Waals surface area contributed by atoms with Crippen molar-refractivity contribution in [1.82, 2.24) is 0 Å². The van der Waals surface area contributed by atoms with E-state index in [1.54, 1.807) is 11.4 Å². The number of hydrogen-bond donors (Lipinski definition) is 2. The molecule has 0 radical (unpaired) electrons. The molecule has 1 aliphatic rings. The van der Waals surface area contributed by atoms with E-state index < -0.39 is 16.8 Å². The Morgan fingerprint density at radius 2 is 2.00 bits per heavy atom. The van der Waals surface area contributed by atoms with Gasteiger partial charge < -0.3 is 15.4 Å². The van der Waals surface area contributed by atoms with Gasteiger partial charge in [-0.1, -0.05) is 0 Å². The Balaban J connectivity index is 1.87. The lowest BCUT2D eigenvalue weighted by Crippen LogP contribution is -2.37. The Morgan fingerprint density at radius 3 is 2.65 bits per heavy atom. The second-order valence-electron chi connectivity index (χ2n) is 4.61. The van der Waals surface area contributed by atoms with Gasteiger partial charge in [-0.25, -0.2) is 4.79 Å². The van der Waals surface area contributed by atoms with Crippen LogP contribution in [0.25, 0.3) is 0 Å². The molecule has 1 aliphatic carbocycles. The van der Waals surface area contributed by atoms with Crippen molar-refractivity contribution in [3.63, 3.8) is 0 Å². The molecule has 20 heavy (non-hydrogen) atoms. The van der Waals surface area contributed by atoms with E-state index >= 15 is 0 Å². The van der Waals surface area contributed by atoms with E-state index in [0.717, 1.165) is 12.8 Å². The predicted octanol–water partition coefficient (Wildman–Crippen LogP) is 1.45. The highest BCUT2D eigenvalue weighted by atomic mass is 32.1. The Bertz CT molecular complexity index is 738. The number of carbonyl (C=O) groups excluding carboxylic acids is 1. The SMILES string of the molecule is COC(=O)c1sccc1Nc1c(NC2CC2)c(=O)c1=O. The van der Waals surface area contributed by atoms with Crippen LogP contribution in [-0.2, 0) is 4.74 Å². The summed E-state index contributed by atoms with van der Waals surface area (Å²) >= 11 is 1.21. The number of methoxy groups -OCH3 is 1. The summed E-state index contributed by atoms with van der Waals surface area (Å²) in [4.78, 5) is 35.1. The fraction of sp³-hybridized carbons (Fsp3) is 0.308. The van der Waals surface area contributed by atoms with Crippen LogP contribution in [0.1, 0.15) is 22.5 Å². The van der Waals surface area contributed by atoms with Crippen LogP contribution in [0.2, 0.25) is 0 Å². The first-order valence-electron chi connectivity index (χ1n) is 6.14. The van der Waals surface area contributed by atoms with Crippen molar-refractivity contribution < 1.29 is 9.53 Å². The van der Waals surface area contributed by atoms with Crippen molar-refractivity contribution in [3.8, 4) is 0 Å². The number of rotatable bonds is 5. The number of anilines is 3. The summed E-state index contributed by atoms with van der Waals surface area (Å²) < 4.78 is 4.67. The van der Waals surface area contributed by atoms with Gasteiger partial charge in [0.2, 0.25) is 0 Å². The minimum atomic E-state index is -0.560. The third kappa shape index (κ3) is 2.09. The Kier molecular flexibility index (Phi) is 3.06. The highest BCUT2D eigenvalue weighted by Gasteiger charge is 2.29. The molecule has 1 heterocycles. The van der Waals surface area contributed by atoms with Gasteiger partial charge in [0.05, 0.1) is 12.8 Å². The largest absolute Gasteiger partial charge is 0.465 e. The first kappa shape index (κ1) is 12.9. The summed E-state index contributed by atoms with van der Waals surface area (Å²) in [6.07, 6.45) is 2.01. The fourth-order valence-electron chi connectivity index (χ4n) is 1.87. The van der Waals surface area contributed by atoms with Crippen molar-refractivity contribution in [2.45, 2.75) is 18.9 Å². The van der Waals surface area contributed by atoms with Crippen LogP contribution in [-0.4, -0.2) is 19.1 Å². The van der Waals surface area contributed by atoms with Gasteiger partial charge in [0.15, 0.2) is 0 Å². The number of carbonyl (C=O) groups is 1. The zero-order valence-electron chi connectivity index (χ0n) is 10.7. The van der Waals surface area contributed by atoms with E-state index in [-0.39, 0.29) is 11.7 Å². The first-order valence-corrected chi connectivity index (χ1v) is 7.02. The summed E-state index contributed by atoms with van der Waals surface area (Å²) in [6, 6.07) is 1.95. The van der Waals surface area contributed by atoms with E-state index in [9.17, 15) is 14.4 Å². The Labute approximate surface area is 118 Å². The van der Waals surface area contributed by atoms with Crippen LogP contribution >= 0.6 is 11.3 Å². The molecule has 3 rings (SSSR count). The molecule has 0 spiro atoms. The van der Waals surface area contributed by atoms with Gasteiger partial charge in [0, 0.05) is 6.04 Å². The lowest BCUT2D eigenvalue weighted by atomic mass is 10.2. The molecule has 0 unspecified atom stereocenters. The minimum absolute atomic E-state index is 0.227. The molecule has 0 atom stereocenters. The summed E-state index contributed by atoms with van der Waals surface area (Å²) in [5, 5.41) is 7.61. The van der Waals surface area contributed by atoms with E-state index in [1.165, 1.54) is 18.4 Å². The van der Waals surface area contributed by atoms with Gasteiger partial charge in [-0.15, -0.1) is 11.3 Å². The molecule has 0 amide bonds. The number of esters is 1.